The summed E-state index contributed by atoms with van der Waals surface area (Å²) in [5.74, 6) is 2.88. The van der Waals surface area contributed by atoms with Gasteiger partial charge in [-0.1, -0.05) is 35.5 Å². The first kappa shape index (κ1) is 16.7. The number of furan rings is 1. The van der Waals surface area contributed by atoms with Gasteiger partial charge in [0.15, 0.2) is 11.6 Å². The maximum atomic E-state index is 5.73. The predicted molar refractivity (Wildman–Crippen MR) is 99.0 cm³/mol. The lowest BCUT2D eigenvalue weighted by Gasteiger charge is -2.24. The predicted octanol–water partition coefficient (Wildman–Crippen LogP) is 4.17. The first-order valence-electron chi connectivity index (χ1n) is 9.56. The number of nitrogens with zero attached hydrogens (tertiary/aromatic N) is 3. The molecule has 2 saturated heterocycles. The average molecular weight is 365 g/mol. The second-order valence-electron chi connectivity index (χ2n) is 7.37. The summed E-state index contributed by atoms with van der Waals surface area (Å²) in [6.07, 6.45) is 3.45. The Morgan fingerprint density at radius 3 is 2.93 bits per heavy atom. The molecular formula is C21H23N3O3. The van der Waals surface area contributed by atoms with E-state index in [0.29, 0.717) is 36.3 Å². The van der Waals surface area contributed by atoms with E-state index in [9.17, 15) is 0 Å². The lowest BCUT2D eigenvalue weighted by atomic mass is 9.94. The van der Waals surface area contributed by atoms with E-state index < -0.39 is 0 Å². The van der Waals surface area contributed by atoms with Gasteiger partial charge in [0, 0.05) is 25.1 Å². The van der Waals surface area contributed by atoms with Gasteiger partial charge in [0.2, 0.25) is 0 Å². The van der Waals surface area contributed by atoms with Crippen LogP contribution in [0.25, 0.3) is 11.7 Å². The summed E-state index contributed by atoms with van der Waals surface area (Å²) in [5.41, 5.74) is 1.38. The molecule has 140 valence electrons. The molecule has 27 heavy (non-hydrogen) atoms. The smallest absolute Gasteiger partial charge is 0.293 e. The molecule has 4 heterocycles. The minimum atomic E-state index is 0.295. The number of hydrogen-bond acceptors (Lipinski definition) is 6. The van der Waals surface area contributed by atoms with E-state index in [-0.39, 0.29) is 0 Å². The molecule has 1 aromatic carbocycles. The molecule has 3 aromatic rings. The lowest BCUT2D eigenvalue weighted by molar-refractivity contribution is 0.164. The summed E-state index contributed by atoms with van der Waals surface area (Å²) >= 11 is 0. The topological polar surface area (TPSA) is 64.5 Å². The van der Waals surface area contributed by atoms with Crippen LogP contribution in [0.15, 0.2) is 51.4 Å². The Bertz CT molecular complexity index is 904. The highest BCUT2D eigenvalue weighted by Gasteiger charge is 2.46. The molecule has 0 spiro atoms. The molecule has 2 aliphatic heterocycles. The molecule has 0 bridgehead atoms. The van der Waals surface area contributed by atoms with Gasteiger partial charge < -0.3 is 13.7 Å². The summed E-state index contributed by atoms with van der Waals surface area (Å²) in [6.45, 7) is 1.57. The van der Waals surface area contributed by atoms with E-state index in [1.165, 1.54) is 18.4 Å². The van der Waals surface area contributed by atoms with Gasteiger partial charge in [0.25, 0.3) is 5.89 Å². The number of benzene rings is 1. The molecule has 0 unspecified atom stereocenters. The third kappa shape index (κ3) is 2.99. The van der Waals surface area contributed by atoms with Crippen molar-refractivity contribution in [1.29, 1.82) is 0 Å². The van der Waals surface area contributed by atoms with Gasteiger partial charge in [-0.3, -0.25) is 4.90 Å². The zero-order valence-corrected chi connectivity index (χ0v) is 15.4. The van der Waals surface area contributed by atoms with Gasteiger partial charge in [-0.15, -0.1) is 0 Å². The molecule has 5 rings (SSSR count). The molecule has 0 radical (unpaired) electrons. The maximum absolute atomic E-state index is 5.73. The van der Waals surface area contributed by atoms with Crippen LogP contribution >= 0.6 is 0 Å². The number of methoxy groups -OCH3 is 1. The van der Waals surface area contributed by atoms with E-state index in [1.54, 1.807) is 7.11 Å². The summed E-state index contributed by atoms with van der Waals surface area (Å²) in [5, 5.41) is 4.31. The van der Waals surface area contributed by atoms with Crippen molar-refractivity contribution in [2.24, 2.45) is 0 Å². The van der Waals surface area contributed by atoms with E-state index in [1.807, 2.05) is 12.1 Å². The molecule has 2 fully saturated rings. The fourth-order valence-corrected chi connectivity index (χ4v) is 4.65. The minimum Gasteiger partial charge on any atom is -0.453 e. The quantitative estimate of drug-likeness (QED) is 0.676. The van der Waals surface area contributed by atoms with Gasteiger partial charge in [0.05, 0.1) is 0 Å². The Balaban J connectivity index is 1.40. The number of hydrogen-bond donors (Lipinski definition) is 0. The largest absolute Gasteiger partial charge is 0.453 e. The Hall–Kier alpha value is -2.44. The maximum Gasteiger partial charge on any atom is 0.293 e. The second kappa shape index (κ2) is 6.94. The van der Waals surface area contributed by atoms with E-state index in [0.717, 1.165) is 24.6 Å². The van der Waals surface area contributed by atoms with Crippen molar-refractivity contribution in [1.82, 2.24) is 15.0 Å². The van der Waals surface area contributed by atoms with Crippen LogP contribution in [-0.4, -0.2) is 34.7 Å². The van der Waals surface area contributed by atoms with Gasteiger partial charge in [-0.25, -0.2) is 0 Å². The Morgan fingerprint density at radius 2 is 2.07 bits per heavy atom. The van der Waals surface area contributed by atoms with Crippen LogP contribution in [0.1, 0.15) is 48.4 Å². The first-order valence-corrected chi connectivity index (χ1v) is 9.56. The highest BCUT2D eigenvalue weighted by Crippen LogP contribution is 2.48. The van der Waals surface area contributed by atoms with Gasteiger partial charge in [0.1, 0.15) is 12.4 Å². The van der Waals surface area contributed by atoms with Crippen molar-refractivity contribution in [3.8, 4) is 11.7 Å². The van der Waals surface area contributed by atoms with Crippen LogP contribution in [0.5, 0.6) is 0 Å². The number of rotatable bonds is 5. The SMILES string of the molecule is COCc1ccc(-c2nc([C@@H]3C[C@H](c4ccccc4)N4CCC[C@@H]34)no2)o1. The monoisotopic (exact) mass is 365 g/mol. The van der Waals surface area contributed by atoms with Crippen molar-refractivity contribution < 1.29 is 13.7 Å². The van der Waals surface area contributed by atoms with Crippen LogP contribution < -0.4 is 0 Å². The van der Waals surface area contributed by atoms with E-state index >= 15 is 0 Å². The molecule has 0 N–H and O–H groups in total. The third-order valence-electron chi connectivity index (χ3n) is 5.80. The molecular weight excluding hydrogens is 342 g/mol. The molecule has 0 aliphatic carbocycles. The standard InChI is InChI=1S/C21H23N3O3/c1-25-13-15-9-10-19(26-15)21-22-20(23-27-21)16-12-18(14-6-3-2-4-7-14)24-11-5-8-17(16)24/h2-4,6-7,9-10,16-18H,5,8,11-13H2,1H3/t16-,17+,18-/m1/s1. The summed E-state index contributed by atoms with van der Waals surface area (Å²) < 4.78 is 16.4. The van der Waals surface area contributed by atoms with Crippen molar-refractivity contribution in [2.75, 3.05) is 13.7 Å². The van der Waals surface area contributed by atoms with Gasteiger partial charge in [-0.05, 0) is 43.5 Å². The molecule has 6 heteroatoms. The summed E-state index contributed by atoms with van der Waals surface area (Å²) in [4.78, 5) is 7.31. The van der Waals surface area contributed by atoms with Gasteiger partial charge >= 0.3 is 0 Å². The molecule has 3 atom stereocenters. The normalized spacial score (nSPS) is 25.1. The fraction of sp³-hybridized carbons (Fsp3) is 0.429. The Labute approximate surface area is 158 Å². The molecule has 2 aromatic heterocycles. The summed E-state index contributed by atoms with van der Waals surface area (Å²) in [6, 6.07) is 15.4. The van der Waals surface area contributed by atoms with Crippen LogP contribution in [0.4, 0.5) is 0 Å². The number of ether oxygens (including phenoxy) is 1. The molecule has 2 aliphatic rings. The van der Waals surface area contributed by atoms with Crippen LogP contribution in [-0.2, 0) is 11.3 Å². The Kier molecular flexibility index (Phi) is 4.30. The molecule has 6 nitrogen and oxygen atoms in total. The third-order valence-corrected chi connectivity index (χ3v) is 5.80. The van der Waals surface area contributed by atoms with Crippen LogP contribution in [0, 0.1) is 0 Å². The van der Waals surface area contributed by atoms with Crippen LogP contribution in [0.3, 0.4) is 0 Å². The number of fused-ring (bicyclic) bond motifs is 1. The van der Waals surface area contributed by atoms with Gasteiger partial charge in [-0.2, -0.15) is 4.98 Å². The lowest BCUT2D eigenvalue weighted by Crippen LogP contribution is -2.27. The minimum absolute atomic E-state index is 0.295. The first-order chi connectivity index (χ1) is 13.3. The average Bonchev–Trinajstić information content (AvgIpc) is 3.46. The van der Waals surface area contributed by atoms with Crippen molar-refractivity contribution in [3.05, 3.63) is 59.6 Å². The second-order valence-corrected chi connectivity index (χ2v) is 7.37. The van der Waals surface area contributed by atoms with Crippen molar-refractivity contribution >= 4 is 0 Å². The number of aromatic nitrogens is 2. The summed E-state index contributed by atoms with van der Waals surface area (Å²) in [7, 11) is 1.64. The molecule has 0 saturated carbocycles. The molecule has 0 amide bonds. The fourth-order valence-electron chi connectivity index (χ4n) is 4.65. The highest BCUT2D eigenvalue weighted by atomic mass is 16.5. The zero-order valence-electron chi connectivity index (χ0n) is 15.4. The Morgan fingerprint density at radius 1 is 1.19 bits per heavy atom. The zero-order chi connectivity index (χ0) is 18.2. The van der Waals surface area contributed by atoms with Crippen LogP contribution in [0.2, 0.25) is 0 Å². The van der Waals surface area contributed by atoms with Crippen molar-refractivity contribution in [2.45, 2.75) is 43.9 Å². The van der Waals surface area contributed by atoms with Crippen molar-refractivity contribution in [3.63, 3.8) is 0 Å². The van der Waals surface area contributed by atoms with E-state index in [4.69, 9.17) is 13.7 Å². The van der Waals surface area contributed by atoms with E-state index in [2.05, 4.69) is 45.4 Å². The highest BCUT2D eigenvalue weighted by molar-refractivity contribution is 5.44.